The maximum atomic E-state index is 11.1. The minimum atomic E-state index is -0.986. The maximum absolute atomic E-state index is 11.1. The molecule has 21 heavy (non-hydrogen) atoms. The van der Waals surface area contributed by atoms with Crippen LogP contribution in [0.15, 0.2) is 18.2 Å². The third-order valence-corrected chi connectivity index (χ3v) is 3.99. The number of ether oxygens (including phenoxy) is 1. The molecule has 5 nitrogen and oxygen atoms in total. The first kappa shape index (κ1) is 15.0. The average molecular weight is 302 g/mol. The molecule has 0 aliphatic rings. The Kier molecular flexibility index (Phi) is 4.55. The molecular formula is C15H14N2O3S. The second-order valence-electron chi connectivity index (χ2n) is 4.41. The van der Waals surface area contributed by atoms with E-state index < -0.39 is 5.97 Å². The summed E-state index contributed by atoms with van der Waals surface area (Å²) < 4.78 is 5.50. The van der Waals surface area contributed by atoms with Gasteiger partial charge in [0.05, 0.1) is 17.9 Å². The number of hydrogen-bond donors (Lipinski definition) is 1. The number of aromatic nitrogens is 1. The lowest BCUT2D eigenvalue weighted by Crippen LogP contribution is -1.97. The summed E-state index contributed by atoms with van der Waals surface area (Å²) in [5.41, 5.74) is 1.62. The average Bonchev–Trinajstić information content (AvgIpc) is 2.87. The van der Waals surface area contributed by atoms with Crippen LogP contribution in [0.3, 0.4) is 0 Å². The summed E-state index contributed by atoms with van der Waals surface area (Å²) in [4.78, 5) is 15.5. The Hall–Kier alpha value is -2.39. The quantitative estimate of drug-likeness (QED) is 0.914. The smallest absolute Gasteiger partial charge is 0.347 e. The number of nitriles is 1. The number of rotatable bonds is 5. The third kappa shape index (κ3) is 3.20. The van der Waals surface area contributed by atoms with Crippen molar-refractivity contribution < 1.29 is 14.6 Å². The molecule has 1 aromatic heterocycles. The van der Waals surface area contributed by atoms with E-state index in [4.69, 9.17) is 9.84 Å². The summed E-state index contributed by atoms with van der Waals surface area (Å²) in [7, 11) is 0. The van der Waals surface area contributed by atoms with Crippen molar-refractivity contribution in [3.05, 3.63) is 34.3 Å². The summed E-state index contributed by atoms with van der Waals surface area (Å²) in [6.45, 7) is 4.20. The van der Waals surface area contributed by atoms with E-state index in [1.54, 1.807) is 25.1 Å². The monoisotopic (exact) mass is 302 g/mol. The summed E-state index contributed by atoms with van der Waals surface area (Å²) in [6.07, 6.45) is 0.861. The first-order valence-electron chi connectivity index (χ1n) is 6.44. The highest BCUT2D eigenvalue weighted by atomic mass is 32.1. The molecule has 0 spiro atoms. The molecular weight excluding hydrogens is 288 g/mol. The second kappa shape index (κ2) is 6.37. The van der Waals surface area contributed by atoms with E-state index in [2.05, 4.69) is 11.1 Å². The van der Waals surface area contributed by atoms with Crippen molar-refractivity contribution in [2.75, 3.05) is 6.61 Å². The van der Waals surface area contributed by atoms with Gasteiger partial charge in [-0.1, -0.05) is 6.92 Å². The van der Waals surface area contributed by atoms with Crippen LogP contribution in [0, 0.1) is 18.3 Å². The van der Waals surface area contributed by atoms with Gasteiger partial charge in [-0.2, -0.15) is 5.26 Å². The number of nitrogens with zero attached hydrogens (tertiary/aromatic N) is 2. The van der Waals surface area contributed by atoms with E-state index in [1.165, 1.54) is 0 Å². The molecule has 2 aromatic rings. The molecule has 0 saturated carbocycles. The largest absolute Gasteiger partial charge is 0.492 e. The molecule has 0 aliphatic carbocycles. The molecule has 1 N–H and O–H groups in total. The van der Waals surface area contributed by atoms with Crippen LogP contribution in [-0.4, -0.2) is 22.7 Å². The fourth-order valence-electron chi connectivity index (χ4n) is 1.81. The van der Waals surface area contributed by atoms with Gasteiger partial charge in [-0.05, 0) is 31.5 Å². The van der Waals surface area contributed by atoms with Crippen LogP contribution in [0.2, 0.25) is 0 Å². The molecule has 2 rings (SSSR count). The zero-order valence-corrected chi connectivity index (χ0v) is 12.5. The van der Waals surface area contributed by atoms with Crippen molar-refractivity contribution in [2.24, 2.45) is 0 Å². The van der Waals surface area contributed by atoms with Gasteiger partial charge in [0.2, 0.25) is 0 Å². The molecule has 0 fully saturated rings. The Labute approximate surface area is 126 Å². The van der Waals surface area contributed by atoms with Crippen molar-refractivity contribution in [3.8, 4) is 22.4 Å². The lowest BCUT2D eigenvalue weighted by atomic mass is 10.1. The van der Waals surface area contributed by atoms with Gasteiger partial charge in [0.15, 0.2) is 0 Å². The molecule has 0 unspecified atom stereocenters. The number of carbonyl (C=O) groups is 1. The Balaban J connectivity index is 2.39. The SMILES string of the molecule is CCCOc1ccc(-c2nc(C)c(C(=O)O)s2)cc1C#N. The van der Waals surface area contributed by atoms with E-state index in [0.717, 1.165) is 23.3 Å². The number of aromatic carboxylic acids is 1. The summed E-state index contributed by atoms with van der Waals surface area (Å²) in [6, 6.07) is 7.28. The van der Waals surface area contributed by atoms with Crippen molar-refractivity contribution in [1.29, 1.82) is 5.26 Å². The topological polar surface area (TPSA) is 83.2 Å². The zero-order valence-electron chi connectivity index (χ0n) is 11.7. The minimum Gasteiger partial charge on any atom is -0.492 e. The Morgan fingerprint density at radius 3 is 2.86 bits per heavy atom. The van der Waals surface area contributed by atoms with Gasteiger partial charge < -0.3 is 9.84 Å². The molecule has 1 aromatic carbocycles. The van der Waals surface area contributed by atoms with Crippen LogP contribution in [0.5, 0.6) is 5.75 Å². The summed E-state index contributed by atoms with van der Waals surface area (Å²) in [5.74, 6) is -0.450. The van der Waals surface area contributed by atoms with Gasteiger partial charge in [0.25, 0.3) is 0 Å². The van der Waals surface area contributed by atoms with Crippen molar-refractivity contribution >= 4 is 17.3 Å². The highest BCUT2D eigenvalue weighted by Crippen LogP contribution is 2.31. The predicted octanol–water partition coefficient (Wildman–Crippen LogP) is 3.48. The molecule has 108 valence electrons. The minimum absolute atomic E-state index is 0.217. The van der Waals surface area contributed by atoms with Crippen LogP contribution in [0.25, 0.3) is 10.6 Å². The number of aryl methyl sites for hydroxylation is 1. The van der Waals surface area contributed by atoms with E-state index in [1.807, 2.05) is 6.92 Å². The first-order valence-corrected chi connectivity index (χ1v) is 7.26. The number of carboxylic acid groups (broad SMARTS) is 1. The molecule has 0 bridgehead atoms. The fourth-order valence-corrected chi connectivity index (χ4v) is 2.71. The number of carboxylic acids is 1. The van der Waals surface area contributed by atoms with Gasteiger partial charge in [-0.3, -0.25) is 0 Å². The highest BCUT2D eigenvalue weighted by molar-refractivity contribution is 7.17. The number of hydrogen-bond acceptors (Lipinski definition) is 5. The Morgan fingerprint density at radius 2 is 2.29 bits per heavy atom. The molecule has 0 atom stereocenters. The second-order valence-corrected chi connectivity index (χ2v) is 5.41. The number of thiazole rings is 1. The predicted molar refractivity (Wildman–Crippen MR) is 79.7 cm³/mol. The molecule has 0 amide bonds. The van der Waals surface area contributed by atoms with Crippen molar-refractivity contribution in [3.63, 3.8) is 0 Å². The highest BCUT2D eigenvalue weighted by Gasteiger charge is 2.16. The molecule has 0 radical (unpaired) electrons. The van der Waals surface area contributed by atoms with Gasteiger partial charge in [-0.15, -0.1) is 11.3 Å². The standard InChI is InChI=1S/C15H14N2O3S/c1-3-6-20-12-5-4-10(7-11(12)8-16)14-17-9(2)13(21-14)15(18)19/h4-5,7H,3,6H2,1-2H3,(H,18,19). The van der Waals surface area contributed by atoms with E-state index in [0.29, 0.717) is 28.6 Å². The summed E-state index contributed by atoms with van der Waals surface area (Å²) in [5, 5.41) is 18.8. The molecule has 0 aliphatic heterocycles. The maximum Gasteiger partial charge on any atom is 0.347 e. The van der Waals surface area contributed by atoms with E-state index in [-0.39, 0.29) is 4.88 Å². The van der Waals surface area contributed by atoms with Crippen molar-refractivity contribution in [2.45, 2.75) is 20.3 Å². The van der Waals surface area contributed by atoms with Crippen LogP contribution >= 0.6 is 11.3 Å². The Bertz CT molecular complexity index is 716. The summed E-state index contributed by atoms with van der Waals surface area (Å²) >= 11 is 1.10. The van der Waals surface area contributed by atoms with Crippen molar-refractivity contribution in [1.82, 2.24) is 4.98 Å². The van der Waals surface area contributed by atoms with Crippen LogP contribution < -0.4 is 4.74 Å². The van der Waals surface area contributed by atoms with E-state index in [9.17, 15) is 10.1 Å². The zero-order chi connectivity index (χ0) is 15.4. The molecule has 0 saturated heterocycles. The fraction of sp³-hybridized carbons (Fsp3) is 0.267. The van der Waals surface area contributed by atoms with E-state index >= 15 is 0 Å². The molecule has 1 heterocycles. The Morgan fingerprint density at radius 1 is 1.52 bits per heavy atom. The molecule has 6 heteroatoms. The first-order chi connectivity index (χ1) is 10.1. The van der Waals surface area contributed by atoms with Gasteiger partial charge in [0, 0.05) is 5.56 Å². The third-order valence-electron chi connectivity index (χ3n) is 2.80. The lowest BCUT2D eigenvalue weighted by Gasteiger charge is -2.07. The van der Waals surface area contributed by atoms with Gasteiger partial charge >= 0.3 is 5.97 Å². The normalized spacial score (nSPS) is 10.1. The van der Waals surface area contributed by atoms with Crippen LogP contribution in [-0.2, 0) is 0 Å². The van der Waals surface area contributed by atoms with Crippen LogP contribution in [0.1, 0.15) is 34.3 Å². The van der Waals surface area contributed by atoms with Gasteiger partial charge in [0.1, 0.15) is 21.7 Å². The van der Waals surface area contributed by atoms with Gasteiger partial charge in [-0.25, -0.2) is 9.78 Å². The van der Waals surface area contributed by atoms with Crippen LogP contribution in [0.4, 0.5) is 0 Å². The lowest BCUT2D eigenvalue weighted by molar-refractivity contribution is 0.0701. The number of benzene rings is 1.